The molecule has 0 fully saturated rings. The summed E-state index contributed by atoms with van der Waals surface area (Å²) in [5, 5.41) is 0. The maximum absolute atomic E-state index is 12.3. The first-order valence-electron chi connectivity index (χ1n) is 6.67. The Hall–Kier alpha value is -2.94. The number of aryl methyl sites for hydroxylation is 1. The van der Waals surface area contributed by atoms with Gasteiger partial charge in [-0.2, -0.15) is 4.98 Å². The number of benzene rings is 1. The van der Waals surface area contributed by atoms with Gasteiger partial charge in [-0.25, -0.2) is 23.1 Å². The van der Waals surface area contributed by atoms with Gasteiger partial charge in [0.25, 0.3) is 10.0 Å². The van der Waals surface area contributed by atoms with Crippen molar-refractivity contribution in [3.63, 3.8) is 0 Å². The van der Waals surface area contributed by atoms with E-state index in [-0.39, 0.29) is 10.8 Å². The van der Waals surface area contributed by atoms with Crippen LogP contribution in [0.25, 0.3) is 5.82 Å². The number of sulfonamides is 1. The lowest BCUT2D eigenvalue weighted by atomic mass is 10.3. The molecule has 118 valence electrons. The highest BCUT2D eigenvalue weighted by Crippen LogP contribution is 2.16. The second-order valence-corrected chi connectivity index (χ2v) is 6.44. The van der Waals surface area contributed by atoms with Crippen molar-refractivity contribution < 1.29 is 8.42 Å². The van der Waals surface area contributed by atoms with Crippen molar-refractivity contribution in [1.29, 1.82) is 0 Å². The quantitative estimate of drug-likeness (QED) is 0.698. The molecule has 3 rings (SSSR count). The topological polar surface area (TPSA) is 116 Å². The first-order valence-corrected chi connectivity index (χ1v) is 8.16. The van der Waals surface area contributed by atoms with Gasteiger partial charge in [0.1, 0.15) is 11.6 Å². The van der Waals surface area contributed by atoms with Crippen LogP contribution in [0.15, 0.2) is 53.8 Å². The third-order valence-corrected chi connectivity index (χ3v) is 4.47. The van der Waals surface area contributed by atoms with Gasteiger partial charge >= 0.3 is 0 Å². The Morgan fingerprint density at radius 2 is 1.83 bits per heavy atom. The lowest BCUT2D eigenvalue weighted by Crippen LogP contribution is -2.15. The highest BCUT2D eigenvalue weighted by molar-refractivity contribution is 7.92. The number of anilines is 2. The van der Waals surface area contributed by atoms with Crippen molar-refractivity contribution in [2.75, 3.05) is 10.5 Å². The Labute approximate surface area is 133 Å². The largest absolute Gasteiger partial charge is 0.399 e. The van der Waals surface area contributed by atoms with Crippen LogP contribution in [0.4, 0.5) is 11.6 Å². The molecule has 9 heteroatoms. The number of nitrogens with zero attached hydrogens (tertiary/aromatic N) is 4. The van der Waals surface area contributed by atoms with Gasteiger partial charge < -0.3 is 5.73 Å². The minimum Gasteiger partial charge on any atom is -0.399 e. The molecule has 2 aromatic heterocycles. The number of rotatable bonds is 4. The number of aromatic nitrogens is 4. The van der Waals surface area contributed by atoms with Crippen molar-refractivity contribution >= 4 is 21.7 Å². The van der Waals surface area contributed by atoms with E-state index >= 15 is 0 Å². The van der Waals surface area contributed by atoms with Crippen molar-refractivity contribution in [1.82, 2.24) is 19.5 Å². The highest BCUT2D eigenvalue weighted by Gasteiger charge is 2.16. The van der Waals surface area contributed by atoms with Gasteiger partial charge in [0.05, 0.1) is 4.90 Å². The summed E-state index contributed by atoms with van der Waals surface area (Å²) in [6, 6.07) is 7.53. The fraction of sp³-hybridized carbons (Fsp3) is 0.0714. The van der Waals surface area contributed by atoms with Crippen LogP contribution in [-0.4, -0.2) is 27.9 Å². The van der Waals surface area contributed by atoms with Gasteiger partial charge in [-0.3, -0.25) is 4.57 Å². The summed E-state index contributed by atoms with van der Waals surface area (Å²) in [5.41, 5.74) is 6.05. The molecule has 3 N–H and O–H groups in total. The Morgan fingerprint density at radius 1 is 1.09 bits per heavy atom. The van der Waals surface area contributed by atoms with E-state index < -0.39 is 10.0 Å². The van der Waals surface area contributed by atoms with Crippen LogP contribution in [0.2, 0.25) is 0 Å². The molecule has 0 atom stereocenters. The number of hydrogen-bond acceptors (Lipinski definition) is 6. The van der Waals surface area contributed by atoms with Crippen LogP contribution in [0.5, 0.6) is 0 Å². The van der Waals surface area contributed by atoms with Crippen molar-refractivity contribution in [2.24, 2.45) is 0 Å². The first-order chi connectivity index (χ1) is 11.0. The fourth-order valence-corrected chi connectivity index (χ4v) is 2.93. The predicted octanol–water partition coefficient (Wildman–Crippen LogP) is 1.35. The lowest BCUT2D eigenvalue weighted by Gasteiger charge is -2.09. The normalized spacial score (nSPS) is 11.3. The Kier molecular flexibility index (Phi) is 3.70. The van der Waals surface area contributed by atoms with E-state index in [4.69, 9.17) is 5.73 Å². The molecule has 0 spiro atoms. The van der Waals surface area contributed by atoms with E-state index in [0.717, 1.165) is 5.82 Å². The van der Waals surface area contributed by atoms with E-state index in [1.165, 1.54) is 30.5 Å². The SMILES string of the molecule is Cc1nccn1-c1ccnc(NS(=O)(=O)c2ccc(N)cc2)n1. The smallest absolute Gasteiger partial charge is 0.264 e. The molecule has 8 nitrogen and oxygen atoms in total. The average molecular weight is 330 g/mol. The summed E-state index contributed by atoms with van der Waals surface area (Å²) in [7, 11) is -3.78. The Morgan fingerprint density at radius 3 is 2.48 bits per heavy atom. The van der Waals surface area contributed by atoms with Crippen molar-refractivity contribution in [3.05, 3.63) is 54.7 Å². The van der Waals surface area contributed by atoms with Crippen LogP contribution in [0.3, 0.4) is 0 Å². The van der Waals surface area contributed by atoms with Crippen LogP contribution in [-0.2, 0) is 10.0 Å². The molecule has 0 aliphatic heterocycles. The first kappa shape index (κ1) is 15.0. The maximum atomic E-state index is 12.3. The molecule has 0 saturated heterocycles. The molecule has 0 aliphatic carbocycles. The van der Waals surface area contributed by atoms with Gasteiger partial charge in [-0.1, -0.05) is 0 Å². The van der Waals surface area contributed by atoms with Crippen molar-refractivity contribution in [2.45, 2.75) is 11.8 Å². The molecule has 23 heavy (non-hydrogen) atoms. The van der Waals surface area contributed by atoms with Gasteiger partial charge in [0.15, 0.2) is 0 Å². The van der Waals surface area contributed by atoms with Gasteiger partial charge in [0, 0.05) is 24.3 Å². The van der Waals surface area contributed by atoms with Crippen LogP contribution < -0.4 is 10.5 Å². The summed E-state index contributed by atoms with van der Waals surface area (Å²) < 4.78 is 28.7. The van der Waals surface area contributed by atoms with E-state index in [1.54, 1.807) is 23.0 Å². The zero-order chi connectivity index (χ0) is 16.4. The van der Waals surface area contributed by atoms with Gasteiger partial charge in [0.2, 0.25) is 5.95 Å². The van der Waals surface area contributed by atoms with Gasteiger partial charge in [-0.05, 0) is 37.3 Å². The summed E-state index contributed by atoms with van der Waals surface area (Å²) in [6.07, 6.45) is 4.84. The number of nitrogen functional groups attached to an aromatic ring is 1. The third kappa shape index (κ3) is 3.14. The fourth-order valence-electron chi connectivity index (χ4n) is 1.98. The predicted molar refractivity (Wildman–Crippen MR) is 85.6 cm³/mol. The molecule has 1 aromatic carbocycles. The lowest BCUT2D eigenvalue weighted by molar-refractivity contribution is 0.601. The third-order valence-electron chi connectivity index (χ3n) is 3.13. The highest BCUT2D eigenvalue weighted by atomic mass is 32.2. The van der Waals surface area contributed by atoms with E-state index in [9.17, 15) is 8.42 Å². The molecular formula is C14H14N6O2S. The molecule has 0 radical (unpaired) electrons. The van der Waals surface area contributed by atoms with E-state index in [1.807, 2.05) is 6.92 Å². The number of imidazole rings is 1. The second kappa shape index (κ2) is 5.69. The summed E-state index contributed by atoms with van der Waals surface area (Å²) in [5.74, 6) is 1.23. The van der Waals surface area contributed by atoms with Crippen LogP contribution in [0, 0.1) is 6.92 Å². The standard InChI is InChI=1S/C14H14N6O2S/c1-10-16-8-9-20(10)13-6-7-17-14(18-13)19-23(21,22)12-4-2-11(15)3-5-12/h2-9H,15H2,1H3,(H,17,18,19). The number of nitrogens with two attached hydrogens (primary N) is 1. The maximum Gasteiger partial charge on any atom is 0.264 e. The number of nitrogens with one attached hydrogen (secondary N) is 1. The molecule has 3 aromatic rings. The van der Waals surface area contributed by atoms with Crippen molar-refractivity contribution in [3.8, 4) is 5.82 Å². The van der Waals surface area contributed by atoms with Crippen LogP contribution >= 0.6 is 0 Å². The molecular weight excluding hydrogens is 316 g/mol. The second-order valence-electron chi connectivity index (χ2n) is 4.76. The van der Waals surface area contributed by atoms with E-state index in [0.29, 0.717) is 11.5 Å². The zero-order valence-corrected chi connectivity index (χ0v) is 13.0. The van der Waals surface area contributed by atoms with E-state index in [2.05, 4.69) is 19.7 Å². The Bertz CT molecular complexity index is 934. The Balaban J connectivity index is 1.91. The monoisotopic (exact) mass is 330 g/mol. The summed E-state index contributed by atoms with van der Waals surface area (Å²) in [4.78, 5) is 12.3. The summed E-state index contributed by atoms with van der Waals surface area (Å²) >= 11 is 0. The molecule has 0 amide bonds. The van der Waals surface area contributed by atoms with Crippen LogP contribution in [0.1, 0.15) is 5.82 Å². The molecule has 2 heterocycles. The minimum absolute atomic E-state index is 0.0209. The molecule has 0 bridgehead atoms. The number of hydrogen-bond donors (Lipinski definition) is 2. The summed E-state index contributed by atoms with van der Waals surface area (Å²) in [6.45, 7) is 1.82. The zero-order valence-electron chi connectivity index (χ0n) is 12.2. The average Bonchev–Trinajstić information content (AvgIpc) is 2.94. The van der Waals surface area contributed by atoms with Gasteiger partial charge in [-0.15, -0.1) is 0 Å². The molecule has 0 saturated carbocycles. The molecule has 0 aliphatic rings. The molecule has 0 unspecified atom stereocenters. The minimum atomic E-state index is -3.78.